The molecule has 0 radical (unpaired) electrons. The van der Waals surface area contributed by atoms with Gasteiger partial charge in [0.05, 0.1) is 17.4 Å². The summed E-state index contributed by atoms with van der Waals surface area (Å²) < 4.78 is 0. The first kappa shape index (κ1) is 29.1. The maximum atomic E-state index is 14.7. The molecular weight excluding hydrogens is 685 g/mol. The second-order valence-corrected chi connectivity index (χ2v) is 18.8. The maximum Gasteiger partial charge on any atom is 0.265 e. The predicted octanol–water partition coefficient (Wildman–Crippen LogP) is 0.303. The van der Waals surface area contributed by atoms with Crippen molar-refractivity contribution in [2.45, 2.75) is 61.8 Å². The van der Waals surface area contributed by atoms with E-state index in [4.69, 9.17) is 0 Å². The number of amides is 4. The smallest absolute Gasteiger partial charge is 0.265 e. The van der Waals surface area contributed by atoms with Crippen LogP contribution in [0.1, 0.15) is 18.1 Å². The maximum absolute atomic E-state index is 14.7. The third-order valence-electron chi connectivity index (χ3n) is 12.1. The van der Waals surface area contributed by atoms with Gasteiger partial charge in [-0.25, -0.2) is 0 Å². The number of hydrogen-bond donors (Lipinski definition) is 5. The first-order valence-corrected chi connectivity index (χ1v) is 19.4. The average Bonchev–Trinajstić information content (AvgIpc) is 3.72. The Morgan fingerprint density at radius 2 is 1.15 bits per heavy atom. The molecule has 0 aromatic heterocycles. The van der Waals surface area contributed by atoms with Crippen molar-refractivity contribution in [2.24, 2.45) is 0 Å². The number of anilines is 2. The van der Waals surface area contributed by atoms with Crippen molar-refractivity contribution < 1.29 is 34.5 Å². The molecule has 8 fully saturated rings. The van der Waals surface area contributed by atoms with Crippen LogP contribution in [0, 0.1) is 0 Å². The molecule has 10 atom stereocenters. The van der Waals surface area contributed by atoms with Crippen molar-refractivity contribution >= 4 is 78.2 Å². The minimum Gasteiger partial charge on any atom is -0.392 e. The summed E-state index contributed by atoms with van der Waals surface area (Å²) in [5, 5.41) is 44.2. The number of aliphatic hydroxyl groups is 3. The van der Waals surface area contributed by atoms with Crippen LogP contribution in [0.4, 0.5) is 11.4 Å². The number of hydrogen-bond acceptors (Lipinski definition) is 13. The number of nitrogens with zero attached hydrogens (tertiary/aromatic N) is 4. The Hall–Kier alpha value is -2.80. The normalized spacial score (nSPS) is 46.3. The molecule has 1 unspecified atom stereocenters. The van der Waals surface area contributed by atoms with Crippen molar-refractivity contribution in [1.82, 2.24) is 19.6 Å². The number of rotatable bonds is 2. The van der Waals surface area contributed by atoms with Crippen molar-refractivity contribution in [3.05, 3.63) is 59.7 Å². The number of fused-ring (bicyclic) bond motifs is 11. The Bertz CT molecular complexity index is 1920. The third-order valence-corrected chi connectivity index (χ3v) is 19.5. The number of carbonyl (C=O) groups is 4. The molecule has 10 aliphatic rings. The zero-order valence-corrected chi connectivity index (χ0v) is 28.3. The van der Waals surface area contributed by atoms with Crippen molar-refractivity contribution in [1.29, 1.82) is 0 Å². The van der Waals surface area contributed by atoms with Gasteiger partial charge in [-0.3, -0.25) is 29.0 Å². The van der Waals surface area contributed by atoms with Crippen LogP contribution in [0.3, 0.4) is 0 Å². The highest BCUT2D eigenvalue weighted by molar-refractivity contribution is 8.78. The summed E-state index contributed by atoms with van der Waals surface area (Å²) in [5.74, 6) is -1.94. The Labute approximate surface area is 283 Å². The molecule has 12 rings (SSSR count). The first-order chi connectivity index (χ1) is 22.4. The van der Waals surface area contributed by atoms with E-state index in [1.54, 1.807) is 26.1 Å². The van der Waals surface area contributed by atoms with Gasteiger partial charge in [0.1, 0.15) is 24.5 Å². The number of aliphatic hydroxyl groups excluding tert-OH is 3. The van der Waals surface area contributed by atoms with Crippen LogP contribution in [0.5, 0.6) is 0 Å². The number of likely N-dealkylation sites (N-methyl/N-ethyl adjacent to an activating group) is 2. The van der Waals surface area contributed by atoms with Crippen molar-refractivity contribution in [3.63, 3.8) is 0 Å². The molecule has 10 heterocycles. The van der Waals surface area contributed by atoms with E-state index in [-0.39, 0.29) is 5.91 Å². The molecule has 0 aliphatic carbocycles. The Morgan fingerprint density at radius 1 is 0.681 bits per heavy atom. The fraction of sp³-hybridized carbons (Fsp3) is 0.467. The molecule has 244 valence electrons. The summed E-state index contributed by atoms with van der Waals surface area (Å²) >= 11 is 0. The molecule has 4 amide bonds. The number of nitrogens with one attached hydrogen (secondary N) is 2. The lowest BCUT2D eigenvalue weighted by molar-refractivity contribution is -0.169. The zero-order chi connectivity index (χ0) is 32.8. The minimum absolute atomic E-state index is 0.373. The van der Waals surface area contributed by atoms with Gasteiger partial charge in [-0.2, -0.15) is 0 Å². The molecule has 17 heteroatoms. The monoisotopic (exact) mass is 712 g/mol. The Morgan fingerprint density at radius 3 is 1.68 bits per heavy atom. The number of carbonyl (C=O) groups excluding carboxylic acids is 4. The van der Waals surface area contributed by atoms with Gasteiger partial charge in [0.15, 0.2) is 4.87 Å². The highest BCUT2D eigenvalue weighted by Crippen LogP contribution is 2.78. The van der Waals surface area contributed by atoms with Gasteiger partial charge < -0.3 is 35.8 Å². The molecule has 4 bridgehead atoms. The highest BCUT2D eigenvalue weighted by atomic mass is 33.1. The molecular formula is C30H28N6O7S4. The van der Waals surface area contributed by atoms with Crippen LogP contribution in [0.15, 0.2) is 48.5 Å². The van der Waals surface area contributed by atoms with Gasteiger partial charge in [-0.1, -0.05) is 47.2 Å². The van der Waals surface area contributed by atoms with Crippen LogP contribution < -0.4 is 10.6 Å². The summed E-state index contributed by atoms with van der Waals surface area (Å²) in [5.41, 5.74) is -1.12. The van der Waals surface area contributed by atoms with E-state index in [9.17, 15) is 34.5 Å². The van der Waals surface area contributed by atoms with Gasteiger partial charge >= 0.3 is 0 Å². The second kappa shape index (κ2) is 8.31. The highest BCUT2D eigenvalue weighted by Gasteiger charge is 2.93. The zero-order valence-electron chi connectivity index (χ0n) is 25.0. The van der Waals surface area contributed by atoms with Gasteiger partial charge in [0.2, 0.25) is 14.6 Å². The van der Waals surface area contributed by atoms with E-state index in [2.05, 4.69) is 10.6 Å². The molecule has 8 saturated heterocycles. The number of piperazine rings is 2. The summed E-state index contributed by atoms with van der Waals surface area (Å²) in [6.07, 6.45) is -5.50. The van der Waals surface area contributed by atoms with E-state index in [1.165, 1.54) is 37.4 Å². The van der Waals surface area contributed by atoms with Crippen LogP contribution in [0.2, 0.25) is 0 Å². The van der Waals surface area contributed by atoms with Gasteiger partial charge in [0, 0.05) is 25.5 Å². The fourth-order valence-corrected chi connectivity index (χ4v) is 17.1. The van der Waals surface area contributed by atoms with E-state index in [0.717, 1.165) is 32.4 Å². The molecule has 10 aliphatic heterocycles. The Kier molecular flexibility index (Phi) is 5.15. The molecule has 47 heavy (non-hydrogen) atoms. The average molecular weight is 713 g/mol. The van der Waals surface area contributed by atoms with Gasteiger partial charge in [0.25, 0.3) is 23.6 Å². The van der Waals surface area contributed by atoms with E-state index < -0.39 is 79.2 Å². The lowest BCUT2D eigenvalue weighted by atomic mass is 9.52. The molecule has 2 aromatic carbocycles. The van der Waals surface area contributed by atoms with Gasteiger partial charge in [-0.15, -0.1) is 0 Å². The lowest BCUT2D eigenvalue weighted by Gasteiger charge is -2.58. The SMILES string of the molecule is CN1C(=O)[C@]23SS[C@@]1(C)C(=O)N2[C@H]1Nc2ccccc2C1([C@@]12c4ccccc4N[C@@H]1N1C(=O)[C@]4(CO)SS[C@]1(C(=O)N4C)[C@H]2O)[C@@H]3O. The van der Waals surface area contributed by atoms with Crippen LogP contribution in [-0.2, 0) is 30.0 Å². The second-order valence-electron chi connectivity index (χ2n) is 13.5. The fourth-order valence-electron chi connectivity index (χ4n) is 9.92. The summed E-state index contributed by atoms with van der Waals surface area (Å²) in [7, 11) is 7.44. The van der Waals surface area contributed by atoms with Gasteiger partial charge in [-0.05, 0) is 62.6 Å². The largest absolute Gasteiger partial charge is 0.392 e. The van der Waals surface area contributed by atoms with E-state index >= 15 is 0 Å². The molecule has 0 saturated carbocycles. The first-order valence-electron chi connectivity index (χ1n) is 15.1. The topological polar surface area (TPSA) is 166 Å². The third kappa shape index (κ3) is 2.44. The standard InChI is InChI=1S/C30H28N6O7S4/c1-25-21(40)35-19-27(13-8-4-6-10-15(13)31-19,17(38)29(35,46-44-25)23(42)33(25)2)28-14-9-5-7-11-16(14)32-20(28)36-22(41)26(12-37)34(3)24(43)30(36,18(28)39)47-45-26/h4-11,17-20,31-32,37-39H,12H2,1-3H3/t17-,18-,19+,20+,25-,26-,27?,28+,29-,30-/m0/s1. The molecule has 2 aromatic rings. The quantitative estimate of drug-likeness (QED) is 0.271. The summed E-state index contributed by atoms with van der Waals surface area (Å²) in [6, 6.07) is 14.5. The van der Waals surface area contributed by atoms with E-state index in [1.807, 2.05) is 36.4 Å². The van der Waals surface area contributed by atoms with Crippen molar-refractivity contribution in [2.75, 3.05) is 31.3 Å². The van der Waals surface area contributed by atoms with Crippen LogP contribution in [0.25, 0.3) is 0 Å². The van der Waals surface area contributed by atoms with E-state index in [0.29, 0.717) is 22.5 Å². The summed E-state index contributed by atoms with van der Waals surface area (Å²) in [6.45, 7) is 1.04. The predicted molar refractivity (Wildman–Crippen MR) is 176 cm³/mol. The van der Waals surface area contributed by atoms with Crippen molar-refractivity contribution in [3.8, 4) is 0 Å². The Balaban J connectivity index is 1.35. The van der Waals surface area contributed by atoms with Crippen LogP contribution in [-0.4, -0.2) is 123 Å². The summed E-state index contributed by atoms with van der Waals surface area (Å²) in [4.78, 5) is 57.4. The molecule has 5 N–H and O–H groups in total. The number of benzene rings is 2. The van der Waals surface area contributed by atoms with Crippen LogP contribution >= 0.6 is 43.2 Å². The lowest BCUT2D eigenvalue weighted by Crippen LogP contribution is -2.79. The number of para-hydroxylation sites is 2. The molecule has 13 nitrogen and oxygen atoms in total. The molecule has 2 spiro atoms. The minimum atomic E-state index is -1.87.